The Morgan fingerprint density at radius 1 is 1.19 bits per heavy atom. The minimum Gasteiger partial charge on any atom is -0.462 e. The van der Waals surface area contributed by atoms with Crippen LogP contribution in [0.15, 0.2) is 58.4 Å². The molecule has 0 aliphatic carbocycles. The van der Waals surface area contributed by atoms with Crippen LogP contribution in [0.4, 0.5) is 0 Å². The number of nitrogens with zero attached hydrogens (tertiary/aromatic N) is 4. The number of benzene rings is 1. The zero-order valence-corrected chi connectivity index (χ0v) is 21.3. The number of halogens is 2. The van der Waals surface area contributed by atoms with Gasteiger partial charge in [0.2, 0.25) is 0 Å². The number of esters is 1. The highest BCUT2D eigenvalue weighted by Crippen LogP contribution is 2.22. The molecule has 1 atom stereocenters. The second-order valence-corrected chi connectivity index (χ2v) is 9.32. The molecule has 4 aromatic rings. The Morgan fingerprint density at radius 3 is 2.78 bits per heavy atom. The van der Waals surface area contributed by atoms with Gasteiger partial charge in [0, 0.05) is 17.8 Å². The lowest BCUT2D eigenvalue weighted by molar-refractivity contribution is 0.0521. The smallest absolute Gasteiger partial charge is 0.341 e. The van der Waals surface area contributed by atoms with Crippen LogP contribution in [0.3, 0.4) is 0 Å². The predicted molar refractivity (Wildman–Crippen MR) is 138 cm³/mol. The number of aromatic nitrogens is 3. The van der Waals surface area contributed by atoms with Crippen molar-refractivity contribution in [3.63, 3.8) is 0 Å². The number of pyridine rings is 2. The summed E-state index contributed by atoms with van der Waals surface area (Å²) in [6.45, 7) is 2.56. The van der Waals surface area contributed by atoms with Crippen LogP contribution >= 0.6 is 23.2 Å². The van der Waals surface area contributed by atoms with Crippen LogP contribution < -0.4 is 11.0 Å². The molecule has 0 bridgehead atoms. The van der Waals surface area contributed by atoms with Crippen molar-refractivity contribution in [2.45, 2.75) is 32.4 Å². The zero-order chi connectivity index (χ0) is 26.1. The molecular formula is C26H22Cl2N4O5. The first kappa shape index (κ1) is 25.1. The first-order valence-electron chi connectivity index (χ1n) is 11.7. The minimum atomic E-state index is -0.730. The summed E-state index contributed by atoms with van der Waals surface area (Å²) >= 11 is 12.3. The maximum atomic E-state index is 13.4. The van der Waals surface area contributed by atoms with Gasteiger partial charge in [-0.3, -0.25) is 14.0 Å². The second kappa shape index (κ2) is 10.5. The van der Waals surface area contributed by atoms with Gasteiger partial charge in [-0.1, -0.05) is 29.3 Å². The average Bonchev–Trinajstić information content (AvgIpc) is 3.40. The quantitative estimate of drug-likeness (QED) is 0.279. The maximum absolute atomic E-state index is 13.4. The SMILES string of the molecule is CCOC(=O)c1cc2c(=O)n3ccccc3nc2n(C[C@@H]2CCCO2)c1=NC(=O)c1cc(Cl)ccc1Cl. The van der Waals surface area contributed by atoms with Crippen LogP contribution in [0.5, 0.6) is 0 Å². The Labute approximate surface area is 220 Å². The number of fused-ring (bicyclic) bond motifs is 2. The monoisotopic (exact) mass is 540 g/mol. The fraction of sp³-hybridized carbons (Fsp3) is 0.269. The zero-order valence-electron chi connectivity index (χ0n) is 19.8. The molecule has 37 heavy (non-hydrogen) atoms. The van der Waals surface area contributed by atoms with E-state index in [2.05, 4.69) is 4.99 Å². The van der Waals surface area contributed by atoms with E-state index < -0.39 is 11.9 Å². The molecule has 1 aliphatic heterocycles. The number of rotatable bonds is 5. The van der Waals surface area contributed by atoms with E-state index in [0.717, 1.165) is 12.8 Å². The van der Waals surface area contributed by atoms with Crippen LogP contribution in [-0.2, 0) is 16.0 Å². The van der Waals surface area contributed by atoms with Crippen molar-refractivity contribution in [2.24, 2.45) is 4.99 Å². The van der Waals surface area contributed by atoms with Gasteiger partial charge in [-0.05, 0) is 56.2 Å². The largest absolute Gasteiger partial charge is 0.462 e. The first-order valence-corrected chi connectivity index (χ1v) is 12.5. The van der Waals surface area contributed by atoms with Crippen molar-refractivity contribution in [2.75, 3.05) is 13.2 Å². The van der Waals surface area contributed by atoms with E-state index in [0.29, 0.717) is 17.3 Å². The molecule has 1 aliphatic rings. The van der Waals surface area contributed by atoms with Gasteiger partial charge in [-0.25, -0.2) is 9.78 Å². The molecule has 1 fully saturated rings. The molecule has 0 saturated carbocycles. The lowest BCUT2D eigenvalue weighted by Gasteiger charge is -2.18. The van der Waals surface area contributed by atoms with Crippen molar-refractivity contribution in [1.29, 1.82) is 0 Å². The summed E-state index contributed by atoms with van der Waals surface area (Å²) in [5.41, 5.74) is 0.314. The van der Waals surface area contributed by atoms with Crippen LogP contribution in [0.2, 0.25) is 10.0 Å². The Morgan fingerprint density at radius 2 is 2.03 bits per heavy atom. The third-order valence-electron chi connectivity index (χ3n) is 6.06. The number of carbonyl (C=O) groups is 2. The van der Waals surface area contributed by atoms with Crippen molar-refractivity contribution < 1.29 is 19.1 Å². The lowest BCUT2D eigenvalue weighted by atomic mass is 10.1. The standard InChI is InChI=1S/C26H22Cl2N4O5/c1-2-36-26(35)19-13-18-22(29-21-7-3-4-10-31(21)25(18)34)32(14-16-6-5-11-37-16)23(19)30-24(33)17-12-15(27)8-9-20(17)28/h3-4,7-10,12-13,16H,2,5-6,11,14H2,1H3/t16-/m0/s1. The molecule has 1 aromatic carbocycles. The summed E-state index contributed by atoms with van der Waals surface area (Å²) < 4.78 is 14.1. The molecule has 1 amide bonds. The number of carbonyl (C=O) groups excluding carboxylic acids is 2. The molecule has 0 N–H and O–H groups in total. The molecule has 190 valence electrons. The first-order chi connectivity index (χ1) is 17.9. The Balaban J connectivity index is 1.87. The van der Waals surface area contributed by atoms with E-state index in [1.807, 2.05) is 0 Å². The van der Waals surface area contributed by atoms with Gasteiger partial charge in [0.15, 0.2) is 5.49 Å². The summed E-state index contributed by atoms with van der Waals surface area (Å²) in [5.74, 6) is -1.44. The van der Waals surface area contributed by atoms with E-state index >= 15 is 0 Å². The maximum Gasteiger partial charge on any atom is 0.341 e. The van der Waals surface area contributed by atoms with Crippen molar-refractivity contribution >= 4 is 51.8 Å². The molecule has 1 saturated heterocycles. The van der Waals surface area contributed by atoms with Crippen LogP contribution in [-0.4, -0.2) is 45.1 Å². The number of amides is 1. The molecule has 0 unspecified atom stereocenters. The summed E-state index contributed by atoms with van der Waals surface area (Å²) in [6.07, 6.45) is 3.00. The second-order valence-electron chi connectivity index (χ2n) is 8.47. The van der Waals surface area contributed by atoms with E-state index in [4.69, 9.17) is 37.7 Å². The number of hydrogen-bond donors (Lipinski definition) is 0. The van der Waals surface area contributed by atoms with E-state index in [-0.39, 0.29) is 57.5 Å². The Hall–Kier alpha value is -3.53. The minimum absolute atomic E-state index is 0.00493. The fourth-order valence-electron chi connectivity index (χ4n) is 4.34. The van der Waals surface area contributed by atoms with Gasteiger partial charge in [0.05, 0.1) is 35.2 Å². The van der Waals surface area contributed by atoms with E-state index in [1.165, 1.54) is 22.6 Å². The highest BCUT2D eigenvalue weighted by Gasteiger charge is 2.24. The molecular weight excluding hydrogens is 519 g/mol. The number of hydrogen-bond acceptors (Lipinski definition) is 6. The molecule has 0 spiro atoms. The van der Waals surface area contributed by atoms with Crippen molar-refractivity contribution in [3.05, 3.63) is 85.7 Å². The van der Waals surface area contributed by atoms with Gasteiger partial charge in [-0.15, -0.1) is 0 Å². The van der Waals surface area contributed by atoms with Crippen LogP contribution in [0.25, 0.3) is 16.7 Å². The highest BCUT2D eigenvalue weighted by molar-refractivity contribution is 6.35. The average molecular weight is 541 g/mol. The summed E-state index contributed by atoms with van der Waals surface area (Å²) in [5, 5.41) is 0.641. The molecule has 5 rings (SSSR count). The third kappa shape index (κ3) is 4.90. The fourth-order valence-corrected chi connectivity index (χ4v) is 4.71. The topological polar surface area (TPSA) is 104 Å². The normalized spacial score (nSPS) is 16.0. The summed E-state index contributed by atoms with van der Waals surface area (Å²) in [6, 6.07) is 11.0. The van der Waals surface area contributed by atoms with Gasteiger partial charge >= 0.3 is 5.97 Å². The lowest BCUT2D eigenvalue weighted by Crippen LogP contribution is -2.35. The molecule has 11 heteroatoms. The Bertz CT molecular complexity index is 1670. The molecule has 9 nitrogen and oxygen atoms in total. The molecule has 3 aromatic heterocycles. The van der Waals surface area contributed by atoms with Crippen LogP contribution in [0, 0.1) is 0 Å². The van der Waals surface area contributed by atoms with E-state index in [1.54, 1.807) is 42.0 Å². The number of ether oxygens (including phenoxy) is 2. The van der Waals surface area contributed by atoms with Gasteiger partial charge in [0.1, 0.15) is 16.9 Å². The van der Waals surface area contributed by atoms with Crippen LogP contribution in [0.1, 0.15) is 40.5 Å². The summed E-state index contributed by atoms with van der Waals surface area (Å²) in [7, 11) is 0. The molecule has 0 radical (unpaired) electrons. The third-order valence-corrected chi connectivity index (χ3v) is 6.63. The van der Waals surface area contributed by atoms with Gasteiger partial charge in [0.25, 0.3) is 11.5 Å². The van der Waals surface area contributed by atoms with Gasteiger partial charge < -0.3 is 14.0 Å². The predicted octanol–water partition coefficient (Wildman–Crippen LogP) is 4.05. The van der Waals surface area contributed by atoms with E-state index in [9.17, 15) is 14.4 Å². The summed E-state index contributed by atoms with van der Waals surface area (Å²) in [4.78, 5) is 48.9. The highest BCUT2D eigenvalue weighted by atomic mass is 35.5. The van der Waals surface area contributed by atoms with Gasteiger partial charge in [-0.2, -0.15) is 4.99 Å². The Kier molecular flexibility index (Phi) is 7.10. The van der Waals surface area contributed by atoms with Crippen molar-refractivity contribution in [3.8, 4) is 0 Å². The van der Waals surface area contributed by atoms with Crippen molar-refractivity contribution in [1.82, 2.24) is 14.0 Å². The molecule has 4 heterocycles.